The number of nitrogens with one attached hydrogen (secondary N) is 1. The molecular weight excluding hydrogens is 354 g/mol. The average Bonchev–Trinajstić information content (AvgIpc) is 2.69. The lowest BCUT2D eigenvalue weighted by atomic mass is 9.77. The van der Waals surface area contributed by atoms with Gasteiger partial charge in [0.1, 0.15) is 5.75 Å². The fourth-order valence-electron chi connectivity index (χ4n) is 3.63. The Labute approximate surface area is 165 Å². The Balaban J connectivity index is 1.75. The van der Waals surface area contributed by atoms with Crippen LogP contribution < -0.4 is 15.8 Å². The highest BCUT2D eigenvalue weighted by atomic mass is 16.5. The van der Waals surface area contributed by atoms with E-state index in [1.165, 1.54) is 0 Å². The van der Waals surface area contributed by atoms with Crippen LogP contribution in [-0.2, 0) is 4.79 Å². The van der Waals surface area contributed by atoms with Crippen LogP contribution in [0.15, 0.2) is 48.5 Å². The van der Waals surface area contributed by atoms with Gasteiger partial charge in [0.25, 0.3) is 0 Å². The zero-order valence-corrected chi connectivity index (χ0v) is 16.4. The lowest BCUT2D eigenvalue weighted by Crippen LogP contribution is -2.52. The smallest absolute Gasteiger partial charge is 0.321 e. The van der Waals surface area contributed by atoms with Crippen LogP contribution in [0.5, 0.6) is 11.5 Å². The monoisotopic (exact) mass is 381 g/mol. The second kappa shape index (κ2) is 8.33. The molecule has 3 rings (SSSR count). The van der Waals surface area contributed by atoms with Crippen LogP contribution in [0.3, 0.4) is 0 Å². The third kappa shape index (κ3) is 4.27. The molecule has 1 fully saturated rings. The first kappa shape index (κ1) is 19.7. The van der Waals surface area contributed by atoms with E-state index in [1.807, 2.05) is 56.3 Å². The van der Waals surface area contributed by atoms with Crippen molar-refractivity contribution in [2.75, 3.05) is 18.4 Å². The van der Waals surface area contributed by atoms with Gasteiger partial charge in [0.05, 0.1) is 11.1 Å². The largest absolute Gasteiger partial charge is 0.455 e. The van der Waals surface area contributed by atoms with Crippen molar-refractivity contribution in [3.63, 3.8) is 0 Å². The Morgan fingerprint density at radius 3 is 2.71 bits per heavy atom. The minimum Gasteiger partial charge on any atom is -0.455 e. The van der Waals surface area contributed by atoms with Crippen molar-refractivity contribution < 1.29 is 14.3 Å². The van der Waals surface area contributed by atoms with E-state index in [2.05, 4.69) is 5.32 Å². The number of piperidine rings is 1. The number of amides is 3. The Morgan fingerprint density at radius 1 is 1.21 bits per heavy atom. The summed E-state index contributed by atoms with van der Waals surface area (Å²) in [4.78, 5) is 26.5. The van der Waals surface area contributed by atoms with Gasteiger partial charge in [0.2, 0.25) is 5.91 Å². The summed E-state index contributed by atoms with van der Waals surface area (Å²) in [5.41, 5.74) is 6.66. The number of para-hydroxylation sites is 2. The SMILES string of the molecule is CCC1(C(N)=O)CCCN(C(=O)Nc2ccccc2Oc2cccc(C)c2)C1. The fraction of sp³-hybridized carbons (Fsp3) is 0.364. The lowest BCUT2D eigenvalue weighted by molar-refractivity contribution is -0.130. The number of benzene rings is 2. The van der Waals surface area contributed by atoms with Gasteiger partial charge >= 0.3 is 6.03 Å². The molecule has 1 saturated heterocycles. The molecule has 0 spiro atoms. The summed E-state index contributed by atoms with van der Waals surface area (Å²) >= 11 is 0. The zero-order valence-electron chi connectivity index (χ0n) is 16.4. The second-order valence-corrected chi connectivity index (χ2v) is 7.37. The van der Waals surface area contributed by atoms with Crippen LogP contribution >= 0.6 is 0 Å². The number of aryl methyl sites for hydroxylation is 1. The molecule has 6 nitrogen and oxygen atoms in total. The van der Waals surface area contributed by atoms with Crippen molar-refractivity contribution in [3.8, 4) is 11.5 Å². The van der Waals surface area contributed by atoms with E-state index in [9.17, 15) is 9.59 Å². The second-order valence-electron chi connectivity index (χ2n) is 7.37. The third-order valence-electron chi connectivity index (χ3n) is 5.41. The van der Waals surface area contributed by atoms with Crippen LogP contribution in [0.2, 0.25) is 0 Å². The van der Waals surface area contributed by atoms with Gasteiger partial charge in [-0.1, -0.05) is 31.2 Å². The first-order valence-electron chi connectivity index (χ1n) is 9.63. The molecule has 148 valence electrons. The molecule has 2 aromatic carbocycles. The fourth-order valence-corrected chi connectivity index (χ4v) is 3.63. The van der Waals surface area contributed by atoms with Crippen LogP contribution in [0.4, 0.5) is 10.5 Å². The molecule has 3 amide bonds. The van der Waals surface area contributed by atoms with E-state index in [0.29, 0.717) is 36.7 Å². The molecule has 1 aliphatic heterocycles. The van der Waals surface area contributed by atoms with Gasteiger partial charge in [0, 0.05) is 13.1 Å². The van der Waals surface area contributed by atoms with Gasteiger partial charge in [-0.3, -0.25) is 4.79 Å². The third-order valence-corrected chi connectivity index (χ3v) is 5.41. The van der Waals surface area contributed by atoms with E-state index < -0.39 is 5.41 Å². The van der Waals surface area contributed by atoms with Crippen molar-refractivity contribution in [3.05, 3.63) is 54.1 Å². The minimum atomic E-state index is -0.646. The number of anilines is 1. The molecule has 1 heterocycles. The van der Waals surface area contributed by atoms with Gasteiger partial charge in [-0.2, -0.15) is 0 Å². The van der Waals surface area contributed by atoms with Crippen molar-refractivity contribution in [2.45, 2.75) is 33.1 Å². The topological polar surface area (TPSA) is 84.7 Å². The quantitative estimate of drug-likeness (QED) is 0.810. The highest BCUT2D eigenvalue weighted by Crippen LogP contribution is 2.34. The van der Waals surface area contributed by atoms with E-state index >= 15 is 0 Å². The number of ether oxygens (including phenoxy) is 1. The average molecular weight is 381 g/mol. The van der Waals surface area contributed by atoms with E-state index in [-0.39, 0.29) is 11.9 Å². The number of nitrogens with two attached hydrogens (primary N) is 1. The molecule has 1 aliphatic rings. The Morgan fingerprint density at radius 2 is 2.00 bits per heavy atom. The van der Waals surface area contributed by atoms with Crippen molar-refractivity contribution in [1.29, 1.82) is 0 Å². The molecule has 0 aromatic heterocycles. The number of likely N-dealkylation sites (tertiary alicyclic amines) is 1. The molecule has 1 atom stereocenters. The molecule has 1 unspecified atom stereocenters. The number of primary amides is 1. The predicted molar refractivity (Wildman–Crippen MR) is 109 cm³/mol. The van der Waals surface area contributed by atoms with E-state index in [0.717, 1.165) is 18.4 Å². The summed E-state index contributed by atoms with van der Waals surface area (Å²) in [5.74, 6) is 0.934. The molecular formula is C22H27N3O3. The van der Waals surface area contributed by atoms with Gasteiger partial charge in [0.15, 0.2) is 5.75 Å². The van der Waals surface area contributed by atoms with Crippen molar-refractivity contribution in [2.24, 2.45) is 11.1 Å². The number of hydrogen-bond donors (Lipinski definition) is 2. The molecule has 2 aromatic rings. The Bertz CT molecular complexity index is 868. The number of hydrogen-bond acceptors (Lipinski definition) is 3. The van der Waals surface area contributed by atoms with Gasteiger partial charge < -0.3 is 20.7 Å². The molecule has 3 N–H and O–H groups in total. The van der Waals surface area contributed by atoms with Crippen LogP contribution in [0, 0.1) is 12.3 Å². The number of nitrogens with zero attached hydrogens (tertiary/aromatic N) is 1. The minimum absolute atomic E-state index is 0.251. The summed E-state index contributed by atoms with van der Waals surface area (Å²) in [6.07, 6.45) is 2.10. The number of carbonyl (C=O) groups excluding carboxylic acids is 2. The zero-order chi connectivity index (χ0) is 20.1. The Kier molecular flexibility index (Phi) is 5.87. The standard InChI is InChI=1S/C22H27N3O3/c1-3-22(20(23)26)12-7-13-25(15-22)21(27)24-18-10-4-5-11-19(18)28-17-9-6-8-16(2)14-17/h4-6,8-11,14H,3,7,12-13,15H2,1-2H3,(H2,23,26)(H,24,27). The van der Waals surface area contributed by atoms with Gasteiger partial charge in [-0.15, -0.1) is 0 Å². The maximum absolute atomic E-state index is 12.9. The first-order chi connectivity index (χ1) is 13.4. The molecule has 0 bridgehead atoms. The highest BCUT2D eigenvalue weighted by Gasteiger charge is 2.40. The van der Waals surface area contributed by atoms with Crippen molar-refractivity contribution in [1.82, 2.24) is 4.90 Å². The molecule has 6 heteroatoms. The first-order valence-corrected chi connectivity index (χ1v) is 9.63. The Hall–Kier alpha value is -3.02. The van der Waals surface area contributed by atoms with Gasteiger partial charge in [-0.05, 0) is 56.0 Å². The number of urea groups is 1. The normalized spacial score (nSPS) is 19.1. The van der Waals surface area contributed by atoms with E-state index in [4.69, 9.17) is 10.5 Å². The molecule has 28 heavy (non-hydrogen) atoms. The summed E-state index contributed by atoms with van der Waals surface area (Å²) in [7, 11) is 0. The molecule has 0 radical (unpaired) electrons. The highest BCUT2D eigenvalue weighted by molar-refractivity contribution is 5.92. The summed E-state index contributed by atoms with van der Waals surface area (Å²) in [6, 6.07) is 14.8. The van der Waals surface area contributed by atoms with Gasteiger partial charge in [-0.25, -0.2) is 4.79 Å². The van der Waals surface area contributed by atoms with Crippen LogP contribution in [0.25, 0.3) is 0 Å². The van der Waals surface area contributed by atoms with Crippen molar-refractivity contribution >= 4 is 17.6 Å². The summed E-state index contributed by atoms with van der Waals surface area (Å²) < 4.78 is 5.97. The maximum atomic E-state index is 12.9. The summed E-state index contributed by atoms with van der Waals surface area (Å²) in [5, 5.41) is 2.93. The van der Waals surface area contributed by atoms with E-state index in [1.54, 1.807) is 11.0 Å². The maximum Gasteiger partial charge on any atom is 0.321 e. The van der Waals surface area contributed by atoms with Crippen LogP contribution in [-0.4, -0.2) is 29.9 Å². The molecule has 0 saturated carbocycles. The molecule has 0 aliphatic carbocycles. The lowest BCUT2D eigenvalue weighted by Gasteiger charge is -2.40. The number of carbonyl (C=O) groups is 2. The number of rotatable bonds is 5. The predicted octanol–water partition coefficient (Wildman–Crippen LogP) is 4.30. The summed E-state index contributed by atoms with van der Waals surface area (Å²) in [6.45, 7) is 4.88. The van der Waals surface area contributed by atoms with Crippen LogP contribution in [0.1, 0.15) is 31.7 Å².